The molecule has 0 aromatic heterocycles. The van der Waals surface area contributed by atoms with Crippen LogP contribution in [0.2, 0.25) is 0 Å². The maximum atomic E-state index is 12.6. The second kappa shape index (κ2) is 18.4. The first-order valence-electron chi connectivity index (χ1n) is 12.7. The lowest BCUT2D eigenvalue weighted by Crippen LogP contribution is -3.00. The molecule has 5 nitrogen and oxygen atoms in total. The van der Waals surface area contributed by atoms with E-state index in [0.29, 0.717) is 24.3 Å². The van der Waals surface area contributed by atoms with E-state index in [1.54, 1.807) is 0 Å². The van der Waals surface area contributed by atoms with E-state index in [1.807, 2.05) is 63.2 Å². The van der Waals surface area contributed by atoms with Crippen LogP contribution in [-0.2, 0) is 6.42 Å². The Kier molecular flexibility index (Phi) is 17.4. The molecule has 3 N–H and O–H groups in total. The number of hydrogen-bond acceptors (Lipinski definition) is 5. The quantitative estimate of drug-likeness (QED) is 0.385. The van der Waals surface area contributed by atoms with Crippen molar-refractivity contribution < 1.29 is 28.5 Å². The van der Waals surface area contributed by atoms with Gasteiger partial charge in [-0.2, -0.15) is 0 Å². The highest BCUT2D eigenvalue weighted by Gasteiger charge is 2.13. The number of rotatable bonds is 14. The summed E-state index contributed by atoms with van der Waals surface area (Å²) in [5, 5.41) is 9.29. The molecule has 0 aliphatic rings. The SMILES string of the molecule is CC(N)CCCC(C)(C)O.CCN(CC)CCOc1ccccc1C(=O)CCc1ccccc1.[Cl-].[H+]. The van der Waals surface area contributed by atoms with Crippen molar-refractivity contribution in [2.24, 2.45) is 5.73 Å². The Bertz CT molecular complexity index is 810. The van der Waals surface area contributed by atoms with E-state index >= 15 is 0 Å². The summed E-state index contributed by atoms with van der Waals surface area (Å²) in [5.41, 5.74) is 6.90. The van der Waals surface area contributed by atoms with Gasteiger partial charge >= 0.3 is 1.43 Å². The summed E-state index contributed by atoms with van der Waals surface area (Å²) >= 11 is 0. The summed E-state index contributed by atoms with van der Waals surface area (Å²) in [6.45, 7) is 13.4. The zero-order valence-corrected chi connectivity index (χ0v) is 23.1. The van der Waals surface area contributed by atoms with Crippen molar-refractivity contribution in [2.45, 2.75) is 78.4 Å². The van der Waals surface area contributed by atoms with Crippen molar-refractivity contribution in [2.75, 3.05) is 26.2 Å². The molecular weight excluding hydrogens is 460 g/mol. The van der Waals surface area contributed by atoms with Crippen LogP contribution in [0.15, 0.2) is 54.6 Å². The van der Waals surface area contributed by atoms with Crippen molar-refractivity contribution >= 4 is 5.78 Å². The van der Waals surface area contributed by atoms with Crippen LogP contribution in [0.5, 0.6) is 5.75 Å². The zero-order chi connectivity index (χ0) is 25.4. The number of ether oxygens (including phenoxy) is 1. The predicted molar refractivity (Wildman–Crippen MR) is 144 cm³/mol. The number of likely N-dealkylation sites (N-methyl/N-ethyl adjacent to an activating group) is 1. The smallest absolute Gasteiger partial charge is 1.00 e. The molecular formula is C29H47ClN2O3. The van der Waals surface area contributed by atoms with Gasteiger partial charge < -0.3 is 32.9 Å². The first kappa shape index (κ1) is 33.1. The fourth-order valence-electron chi connectivity index (χ4n) is 3.54. The molecule has 0 amide bonds. The molecule has 1 atom stereocenters. The molecule has 0 heterocycles. The van der Waals surface area contributed by atoms with E-state index in [2.05, 4.69) is 30.9 Å². The van der Waals surface area contributed by atoms with Gasteiger partial charge in [-0.25, -0.2) is 0 Å². The monoisotopic (exact) mass is 506 g/mol. The minimum atomic E-state index is -0.519. The molecule has 2 rings (SSSR count). The highest BCUT2D eigenvalue weighted by atomic mass is 35.5. The second-order valence-corrected chi connectivity index (χ2v) is 9.46. The average Bonchev–Trinajstić information content (AvgIpc) is 2.80. The number of benzene rings is 2. The van der Waals surface area contributed by atoms with Crippen molar-refractivity contribution in [3.05, 3.63) is 65.7 Å². The van der Waals surface area contributed by atoms with Crippen LogP contribution in [0.4, 0.5) is 0 Å². The summed E-state index contributed by atoms with van der Waals surface area (Å²) in [5.74, 6) is 0.833. The third-order valence-electron chi connectivity index (χ3n) is 5.68. The van der Waals surface area contributed by atoms with Crippen LogP contribution in [0.1, 0.15) is 77.7 Å². The van der Waals surface area contributed by atoms with Crippen LogP contribution in [-0.4, -0.2) is 53.7 Å². The Morgan fingerprint density at radius 1 is 1.09 bits per heavy atom. The van der Waals surface area contributed by atoms with E-state index < -0.39 is 5.60 Å². The van der Waals surface area contributed by atoms with Gasteiger partial charge in [-0.05, 0) is 77.2 Å². The number of nitrogens with zero attached hydrogens (tertiary/aromatic N) is 1. The number of nitrogens with two attached hydrogens (primary N) is 1. The van der Waals surface area contributed by atoms with Crippen LogP contribution in [0.3, 0.4) is 0 Å². The molecule has 0 saturated heterocycles. The Morgan fingerprint density at radius 2 is 1.69 bits per heavy atom. The molecule has 35 heavy (non-hydrogen) atoms. The predicted octanol–water partition coefficient (Wildman–Crippen LogP) is 2.61. The van der Waals surface area contributed by atoms with Gasteiger partial charge in [0.1, 0.15) is 12.4 Å². The fraction of sp³-hybridized carbons (Fsp3) is 0.552. The summed E-state index contributed by atoms with van der Waals surface area (Å²) < 4.78 is 5.88. The number of aliphatic hydroxyl groups is 1. The highest BCUT2D eigenvalue weighted by molar-refractivity contribution is 5.98. The van der Waals surface area contributed by atoms with Crippen LogP contribution >= 0.6 is 0 Å². The average molecular weight is 507 g/mol. The number of ketones is 1. The Hall–Kier alpha value is -1.92. The molecule has 0 aliphatic heterocycles. The molecule has 0 saturated carbocycles. The molecule has 0 spiro atoms. The van der Waals surface area contributed by atoms with Crippen LogP contribution in [0.25, 0.3) is 0 Å². The fourth-order valence-corrected chi connectivity index (χ4v) is 3.54. The Labute approximate surface area is 221 Å². The topological polar surface area (TPSA) is 75.8 Å². The number of para-hydroxylation sites is 1. The molecule has 0 fully saturated rings. The maximum Gasteiger partial charge on any atom is 1.00 e. The first-order valence-corrected chi connectivity index (χ1v) is 12.7. The maximum absolute atomic E-state index is 12.6. The van der Waals surface area contributed by atoms with Crippen LogP contribution in [0, 0.1) is 0 Å². The standard InChI is InChI=1S/C21H27NO2.C8H19NO.ClH/c1-3-22(4-2)16-17-24-21-13-9-8-12-19(21)20(23)15-14-18-10-6-5-7-11-18;1-7(9)5-4-6-8(2,3)10;/h5-13H,3-4,14-17H2,1-2H3;7,10H,4-6,9H2,1-3H3;1H. The minimum absolute atomic E-state index is 0. The normalized spacial score (nSPS) is 11.8. The lowest BCUT2D eigenvalue weighted by atomic mass is 10.0. The Balaban J connectivity index is 0. The van der Waals surface area contributed by atoms with Gasteiger partial charge in [0.25, 0.3) is 0 Å². The summed E-state index contributed by atoms with van der Waals surface area (Å²) in [7, 11) is 0. The van der Waals surface area contributed by atoms with Gasteiger partial charge in [0.2, 0.25) is 0 Å². The number of carbonyl (C=O) groups excluding carboxylic acids is 1. The molecule has 0 bridgehead atoms. The van der Waals surface area contributed by atoms with E-state index in [1.165, 1.54) is 5.56 Å². The summed E-state index contributed by atoms with van der Waals surface area (Å²) in [6, 6.07) is 17.9. The van der Waals surface area contributed by atoms with E-state index in [0.717, 1.165) is 45.3 Å². The van der Waals surface area contributed by atoms with Gasteiger partial charge in [-0.15, -0.1) is 0 Å². The number of aryl methyl sites for hydroxylation is 1. The van der Waals surface area contributed by atoms with Crippen molar-refractivity contribution in [3.8, 4) is 5.75 Å². The first-order chi connectivity index (χ1) is 16.2. The number of carbonyl (C=O) groups is 1. The highest BCUT2D eigenvalue weighted by Crippen LogP contribution is 2.20. The second-order valence-electron chi connectivity index (χ2n) is 9.46. The Morgan fingerprint density at radius 3 is 2.26 bits per heavy atom. The largest absolute Gasteiger partial charge is 1.00 e. The third-order valence-corrected chi connectivity index (χ3v) is 5.68. The third kappa shape index (κ3) is 15.6. The van der Waals surface area contributed by atoms with E-state index in [-0.39, 0.29) is 25.7 Å². The number of hydrogen-bond donors (Lipinski definition) is 2. The van der Waals surface area contributed by atoms with Crippen molar-refractivity contribution in [1.29, 1.82) is 0 Å². The summed E-state index contributed by atoms with van der Waals surface area (Å²) in [6.07, 6.45) is 4.12. The lowest BCUT2D eigenvalue weighted by Gasteiger charge is -2.18. The molecule has 1 unspecified atom stereocenters. The van der Waals surface area contributed by atoms with Gasteiger partial charge in [-0.1, -0.05) is 56.3 Å². The van der Waals surface area contributed by atoms with Gasteiger partial charge in [-0.3, -0.25) is 4.79 Å². The molecule has 0 aliphatic carbocycles. The van der Waals surface area contributed by atoms with Gasteiger partial charge in [0.15, 0.2) is 5.78 Å². The number of Topliss-reactive ketones (excluding diaryl/α,β-unsaturated/α-hetero) is 1. The van der Waals surface area contributed by atoms with Gasteiger partial charge in [0.05, 0.1) is 11.2 Å². The molecule has 198 valence electrons. The molecule has 6 heteroatoms. The zero-order valence-electron chi connectivity index (χ0n) is 23.3. The van der Waals surface area contributed by atoms with Crippen molar-refractivity contribution in [3.63, 3.8) is 0 Å². The summed E-state index contributed by atoms with van der Waals surface area (Å²) in [4.78, 5) is 14.9. The van der Waals surface area contributed by atoms with E-state index in [9.17, 15) is 9.90 Å². The minimum Gasteiger partial charge on any atom is -1.00 e. The van der Waals surface area contributed by atoms with Gasteiger partial charge in [0, 0.05) is 19.0 Å². The molecule has 2 aromatic rings. The lowest BCUT2D eigenvalue weighted by molar-refractivity contribution is -0.0000254. The van der Waals surface area contributed by atoms with Crippen LogP contribution < -0.4 is 22.9 Å². The molecule has 0 radical (unpaired) electrons. The number of halogens is 1. The van der Waals surface area contributed by atoms with E-state index in [4.69, 9.17) is 10.5 Å². The van der Waals surface area contributed by atoms with Crippen molar-refractivity contribution in [1.82, 2.24) is 4.90 Å². The molecule has 2 aromatic carbocycles.